The van der Waals surface area contributed by atoms with E-state index in [1.807, 2.05) is 19.9 Å². The lowest BCUT2D eigenvalue weighted by molar-refractivity contribution is 0.0326. The fourth-order valence-corrected chi connectivity index (χ4v) is 5.78. The quantitative estimate of drug-likeness (QED) is 0.855. The van der Waals surface area contributed by atoms with Crippen LogP contribution in [0.15, 0.2) is 11.1 Å². The highest BCUT2D eigenvalue weighted by Gasteiger charge is 2.41. The molecular weight excluding hydrogens is 316 g/mol. The molecular formula is C16H22N2O2S2. The Balaban J connectivity index is 2.22. The molecule has 0 aromatic carbocycles. The van der Waals surface area contributed by atoms with E-state index in [9.17, 15) is 14.6 Å². The molecule has 22 heavy (non-hydrogen) atoms. The zero-order valence-electron chi connectivity index (χ0n) is 13.3. The van der Waals surface area contributed by atoms with Crippen molar-refractivity contribution in [1.82, 2.24) is 4.98 Å². The fraction of sp³-hybridized carbons (Fsp3) is 0.625. The number of nitriles is 1. The predicted molar refractivity (Wildman–Crippen MR) is 90.4 cm³/mol. The van der Waals surface area contributed by atoms with E-state index in [1.54, 1.807) is 6.26 Å². The highest BCUT2D eigenvalue weighted by atomic mass is 32.2. The second kappa shape index (κ2) is 7.12. The summed E-state index contributed by atoms with van der Waals surface area (Å²) in [7, 11) is -1.04. The molecule has 4 nitrogen and oxygen atoms in total. The number of aromatic nitrogens is 1. The minimum absolute atomic E-state index is 0.190. The molecule has 3 unspecified atom stereocenters. The molecule has 2 rings (SSSR count). The maximum absolute atomic E-state index is 11.9. The van der Waals surface area contributed by atoms with Crippen molar-refractivity contribution in [3.63, 3.8) is 0 Å². The summed E-state index contributed by atoms with van der Waals surface area (Å²) in [6.45, 7) is 3.80. The molecule has 0 amide bonds. The maximum Gasteiger partial charge on any atom is 0.114 e. The topological polar surface area (TPSA) is 74.0 Å². The van der Waals surface area contributed by atoms with Gasteiger partial charge in [-0.15, -0.1) is 11.8 Å². The van der Waals surface area contributed by atoms with Crippen LogP contribution in [0.3, 0.4) is 0 Å². The maximum atomic E-state index is 11.9. The van der Waals surface area contributed by atoms with Gasteiger partial charge in [0, 0.05) is 28.5 Å². The molecule has 1 heterocycles. The Kier molecular flexibility index (Phi) is 5.65. The molecule has 0 spiro atoms. The number of thioether (sulfide) groups is 1. The van der Waals surface area contributed by atoms with Crippen molar-refractivity contribution in [2.24, 2.45) is 0 Å². The summed E-state index contributed by atoms with van der Waals surface area (Å²) in [5.74, 6) is 0.432. The van der Waals surface area contributed by atoms with Crippen LogP contribution in [0.5, 0.6) is 0 Å². The Bertz CT molecular complexity index is 627. The van der Waals surface area contributed by atoms with Crippen LogP contribution in [0.25, 0.3) is 0 Å². The minimum atomic E-state index is -1.04. The number of aryl methyl sites for hydroxylation is 2. The molecule has 1 fully saturated rings. The van der Waals surface area contributed by atoms with E-state index < -0.39 is 16.4 Å². The van der Waals surface area contributed by atoms with Crippen LogP contribution < -0.4 is 0 Å². The van der Waals surface area contributed by atoms with Gasteiger partial charge in [0.05, 0.1) is 16.4 Å². The van der Waals surface area contributed by atoms with Crippen LogP contribution in [0.4, 0.5) is 0 Å². The van der Waals surface area contributed by atoms with Crippen LogP contribution in [-0.2, 0) is 10.8 Å². The molecule has 3 atom stereocenters. The van der Waals surface area contributed by atoms with E-state index in [0.717, 1.165) is 30.5 Å². The summed E-state index contributed by atoms with van der Waals surface area (Å²) in [4.78, 5) is 4.44. The van der Waals surface area contributed by atoms with Crippen molar-refractivity contribution in [2.75, 3.05) is 12.0 Å². The van der Waals surface area contributed by atoms with Crippen molar-refractivity contribution in [2.45, 2.75) is 55.4 Å². The Morgan fingerprint density at radius 2 is 2.27 bits per heavy atom. The van der Waals surface area contributed by atoms with Gasteiger partial charge in [-0.1, -0.05) is 12.8 Å². The van der Waals surface area contributed by atoms with Crippen molar-refractivity contribution in [3.8, 4) is 6.07 Å². The summed E-state index contributed by atoms with van der Waals surface area (Å²) < 4.78 is 11.9. The van der Waals surface area contributed by atoms with E-state index in [0.29, 0.717) is 22.8 Å². The third-order valence-corrected chi connectivity index (χ3v) is 6.90. The van der Waals surface area contributed by atoms with Gasteiger partial charge in [0.25, 0.3) is 0 Å². The van der Waals surface area contributed by atoms with Crippen LogP contribution in [0, 0.1) is 25.2 Å². The van der Waals surface area contributed by atoms with E-state index in [2.05, 4.69) is 11.1 Å². The lowest BCUT2D eigenvalue weighted by atomic mass is 9.86. The number of pyridine rings is 1. The van der Waals surface area contributed by atoms with Crippen LogP contribution in [-0.4, -0.2) is 37.2 Å². The molecule has 0 radical (unpaired) electrons. The normalized spacial score (nSPS) is 26.4. The Morgan fingerprint density at radius 1 is 1.55 bits per heavy atom. The molecule has 0 aliphatic heterocycles. The van der Waals surface area contributed by atoms with Crippen LogP contribution in [0.1, 0.15) is 42.5 Å². The Morgan fingerprint density at radius 3 is 2.91 bits per heavy atom. The van der Waals surface area contributed by atoms with Crippen LogP contribution in [0.2, 0.25) is 0 Å². The molecule has 1 aromatic heterocycles. The molecule has 1 aliphatic rings. The lowest BCUT2D eigenvalue weighted by Crippen LogP contribution is -2.49. The van der Waals surface area contributed by atoms with E-state index in [4.69, 9.17) is 0 Å². The highest BCUT2D eigenvalue weighted by molar-refractivity contribution is 7.99. The molecule has 1 aliphatic carbocycles. The summed E-state index contributed by atoms with van der Waals surface area (Å²) >= 11 is 1.41. The van der Waals surface area contributed by atoms with Gasteiger partial charge in [0.1, 0.15) is 11.1 Å². The summed E-state index contributed by atoms with van der Waals surface area (Å²) in [5.41, 5.74) is 1.41. The molecule has 1 aromatic rings. The SMILES string of the molecule is Cc1cc(C)c(C#N)c(SCC2(O)CCCCC2S(C)=O)n1. The smallest absolute Gasteiger partial charge is 0.114 e. The number of rotatable bonds is 4. The number of aliphatic hydroxyl groups is 1. The predicted octanol–water partition coefficient (Wildman–Crippen LogP) is 2.71. The first-order valence-electron chi connectivity index (χ1n) is 7.43. The van der Waals surface area contributed by atoms with E-state index >= 15 is 0 Å². The molecule has 1 N–H and O–H groups in total. The first kappa shape index (κ1) is 17.5. The lowest BCUT2D eigenvalue weighted by Gasteiger charge is -2.38. The average molecular weight is 338 g/mol. The summed E-state index contributed by atoms with van der Waals surface area (Å²) in [5, 5.41) is 20.7. The van der Waals surface area contributed by atoms with Gasteiger partial charge in [-0.3, -0.25) is 4.21 Å². The monoisotopic (exact) mass is 338 g/mol. The molecule has 120 valence electrons. The molecule has 1 saturated carbocycles. The fourth-order valence-electron chi connectivity index (χ4n) is 3.07. The van der Waals surface area contributed by atoms with Crippen molar-refractivity contribution >= 4 is 22.6 Å². The zero-order chi connectivity index (χ0) is 16.3. The standard InChI is InChI=1S/C16H22N2O2S2/c1-11-8-12(2)18-15(13(11)9-17)21-10-16(19)7-5-4-6-14(16)22(3)20/h8,14,19H,4-7,10H2,1-3H3. The number of hydrogen-bond acceptors (Lipinski definition) is 5. The molecule has 0 saturated heterocycles. The third-order valence-electron chi connectivity index (χ3n) is 4.21. The average Bonchev–Trinajstić information content (AvgIpc) is 2.45. The van der Waals surface area contributed by atoms with Crippen molar-refractivity contribution < 1.29 is 9.32 Å². The van der Waals surface area contributed by atoms with Gasteiger partial charge in [0.15, 0.2) is 0 Å². The van der Waals surface area contributed by atoms with Crippen LogP contribution >= 0.6 is 11.8 Å². The minimum Gasteiger partial charge on any atom is -0.388 e. The third kappa shape index (κ3) is 3.70. The first-order valence-corrected chi connectivity index (χ1v) is 10.0. The van der Waals surface area contributed by atoms with Gasteiger partial charge in [-0.25, -0.2) is 4.98 Å². The molecule has 0 bridgehead atoms. The summed E-state index contributed by atoms with van der Waals surface area (Å²) in [6.07, 6.45) is 5.10. The van der Waals surface area contributed by atoms with Gasteiger partial charge < -0.3 is 5.11 Å². The van der Waals surface area contributed by atoms with E-state index in [-0.39, 0.29) is 5.25 Å². The number of nitrogens with zero attached hydrogens (tertiary/aromatic N) is 2. The van der Waals surface area contributed by atoms with Crippen molar-refractivity contribution in [3.05, 3.63) is 22.9 Å². The van der Waals surface area contributed by atoms with Gasteiger partial charge in [-0.05, 0) is 38.3 Å². The number of hydrogen-bond donors (Lipinski definition) is 1. The zero-order valence-corrected chi connectivity index (χ0v) is 14.9. The van der Waals surface area contributed by atoms with Gasteiger partial charge in [-0.2, -0.15) is 5.26 Å². The largest absolute Gasteiger partial charge is 0.388 e. The van der Waals surface area contributed by atoms with Gasteiger partial charge in [0.2, 0.25) is 0 Å². The first-order chi connectivity index (χ1) is 10.4. The molecule has 6 heteroatoms. The second-order valence-electron chi connectivity index (χ2n) is 6.00. The highest BCUT2D eigenvalue weighted by Crippen LogP contribution is 2.36. The summed E-state index contributed by atoms with van der Waals surface area (Å²) in [6, 6.07) is 4.09. The Labute approximate surface area is 138 Å². The van der Waals surface area contributed by atoms with Gasteiger partial charge >= 0.3 is 0 Å². The van der Waals surface area contributed by atoms with Crippen molar-refractivity contribution in [1.29, 1.82) is 5.26 Å². The van der Waals surface area contributed by atoms with E-state index in [1.165, 1.54) is 11.8 Å². The Hall–Kier alpha value is -0.900. The second-order valence-corrected chi connectivity index (χ2v) is 8.53.